The lowest BCUT2D eigenvalue weighted by Gasteiger charge is -2.23. The highest BCUT2D eigenvalue weighted by molar-refractivity contribution is 5.81. The van der Waals surface area contributed by atoms with Gasteiger partial charge >= 0.3 is 0 Å². The molecule has 1 aliphatic heterocycles. The van der Waals surface area contributed by atoms with E-state index >= 15 is 0 Å². The molecule has 1 fully saturated rings. The van der Waals surface area contributed by atoms with Crippen LogP contribution in [0.1, 0.15) is 11.7 Å². The van der Waals surface area contributed by atoms with E-state index in [-0.39, 0.29) is 11.6 Å². The lowest BCUT2D eigenvalue weighted by Crippen LogP contribution is -2.45. The largest absolute Gasteiger partial charge is 0.473 e. The van der Waals surface area contributed by atoms with Crippen molar-refractivity contribution in [3.63, 3.8) is 0 Å². The summed E-state index contributed by atoms with van der Waals surface area (Å²) in [6.45, 7) is 3.15. The molecule has 3 aromatic rings. The molecular weight excluding hydrogens is 322 g/mol. The summed E-state index contributed by atoms with van der Waals surface area (Å²) < 4.78 is 12.5. The average molecular weight is 341 g/mol. The Morgan fingerprint density at radius 2 is 2.24 bits per heavy atom. The molecule has 0 amide bonds. The molecule has 0 saturated carbocycles. The van der Waals surface area contributed by atoms with E-state index in [1.165, 1.54) is 0 Å². The predicted molar refractivity (Wildman–Crippen MR) is 91.6 cm³/mol. The van der Waals surface area contributed by atoms with Crippen molar-refractivity contribution in [2.45, 2.75) is 12.6 Å². The molecule has 1 aliphatic rings. The summed E-state index contributed by atoms with van der Waals surface area (Å²) >= 11 is 0. The van der Waals surface area contributed by atoms with Gasteiger partial charge in [-0.3, -0.25) is 9.78 Å². The van der Waals surface area contributed by atoms with Crippen LogP contribution in [-0.4, -0.2) is 40.9 Å². The van der Waals surface area contributed by atoms with Crippen LogP contribution in [0, 0.1) is 0 Å². The first-order chi connectivity index (χ1) is 12.3. The first-order valence-corrected chi connectivity index (χ1v) is 8.29. The summed E-state index contributed by atoms with van der Waals surface area (Å²) in [7, 11) is 0. The summed E-state index contributed by atoms with van der Waals surface area (Å²) in [5.74, 6) is 0.441. The van der Waals surface area contributed by atoms with Crippen LogP contribution >= 0.6 is 0 Å². The van der Waals surface area contributed by atoms with E-state index in [0.29, 0.717) is 36.9 Å². The quantitative estimate of drug-likeness (QED) is 0.705. The number of rotatable bonds is 5. The maximum absolute atomic E-state index is 12.6. The molecule has 130 valence electrons. The number of aromatic nitrogens is 3. The number of para-hydroxylation sites is 1. The molecule has 0 radical (unpaired) electrons. The number of hydrogen-bond acceptors (Lipinski definition) is 7. The number of fused-ring (bicyclic) bond motifs is 1. The minimum atomic E-state index is -0.0997. The fraction of sp³-hybridized carbons (Fsp3) is 0.353. The maximum atomic E-state index is 12.6. The number of nitrogens with zero attached hydrogens (tertiary/aromatic N) is 3. The number of nitrogens with one attached hydrogen (secondary N) is 2. The smallest absolute Gasteiger partial charge is 0.274 e. The molecule has 4 rings (SSSR count). The molecule has 0 aliphatic carbocycles. The Morgan fingerprint density at radius 1 is 1.32 bits per heavy atom. The van der Waals surface area contributed by atoms with Crippen LogP contribution in [0.5, 0.6) is 5.88 Å². The van der Waals surface area contributed by atoms with Gasteiger partial charge in [0.2, 0.25) is 0 Å². The Morgan fingerprint density at radius 3 is 3.12 bits per heavy atom. The summed E-state index contributed by atoms with van der Waals surface area (Å²) in [6, 6.07) is 7.44. The summed E-state index contributed by atoms with van der Waals surface area (Å²) in [6.07, 6.45) is 3.32. The number of piperazine rings is 1. The highest BCUT2D eigenvalue weighted by atomic mass is 16.5. The Bertz CT molecular complexity index is 914. The Hall–Kier alpha value is -2.71. The van der Waals surface area contributed by atoms with Gasteiger partial charge in [-0.1, -0.05) is 12.1 Å². The van der Waals surface area contributed by atoms with Gasteiger partial charge in [0.1, 0.15) is 12.3 Å². The minimum Gasteiger partial charge on any atom is -0.473 e. The first kappa shape index (κ1) is 15.8. The van der Waals surface area contributed by atoms with E-state index in [4.69, 9.17) is 9.26 Å². The summed E-state index contributed by atoms with van der Waals surface area (Å²) in [4.78, 5) is 16.9. The SMILES string of the molecule is O=c1c(C2CNCCN2)nccn1CCOc1noc2ccccc12. The molecule has 1 saturated heterocycles. The second-order valence-electron chi connectivity index (χ2n) is 5.85. The average Bonchev–Trinajstić information content (AvgIpc) is 3.07. The van der Waals surface area contributed by atoms with Crippen LogP contribution in [-0.2, 0) is 6.54 Å². The highest BCUT2D eigenvalue weighted by Gasteiger charge is 2.19. The maximum Gasteiger partial charge on any atom is 0.274 e. The van der Waals surface area contributed by atoms with E-state index in [1.54, 1.807) is 17.0 Å². The van der Waals surface area contributed by atoms with Crippen molar-refractivity contribution < 1.29 is 9.26 Å². The molecule has 1 unspecified atom stereocenters. The van der Waals surface area contributed by atoms with Crippen LogP contribution < -0.4 is 20.9 Å². The van der Waals surface area contributed by atoms with E-state index < -0.39 is 0 Å². The molecular formula is C17H19N5O3. The Labute approximate surface area is 143 Å². The number of ether oxygens (including phenoxy) is 1. The first-order valence-electron chi connectivity index (χ1n) is 8.29. The molecule has 2 N–H and O–H groups in total. The van der Waals surface area contributed by atoms with Crippen molar-refractivity contribution >= 4 is 11.0 Å². The molecule has 3 heterocycles. The van der Waals surface area contributed by atoms with Crippen molar-refractivity contribution in [3.05, 3.63) is 52.7 Å². The van der Waals surface area contributed by atoms with Gasteiger partial charge in [-0.15, -0.1) is 0 Å². The third-order valence-electron chi connectivity index (χ3n) is 4.23. The number of hydrogen-bond donors (Lipinski definition) is 2. The van der Waals surface area contributed by atoms with Crippen LogP contribution in [0.3, 0.4) is 0 Å². The minimum absolute atomic E-state index is 0.0610. The van der Waals surface area contributed by atoms with Crippen LogP contribution in [0.4, 0.5) is 0 Å². The standard InChI is InChI=1S/C17H19N5O3/c23-17-15(13-11-18-5-6-19-13)20-7-8-22(17)9-10-24-16-12-3-1-2-4-14(12)25-21-16/h1-4,7-8,13,18-19H,5-6,9-11H2. The molecule has 2 aromatic heterocycles. The van der Waals surface area contributed by atoms with E-state index in [1.807, 2.05) is 24.3 Å². The van der Waals surface area contributed by atoms with E-state index in [0.717, 1.165) is 18.5 Å². The zero-order valence-electron chi connectivity index (χ0n) is 13.6. The van der Waals surface area contributed by atoms with Gasteiger partial charge in [0.15, 0.2) is 5.58 Å². The Kier molecular flexibility index (Phi) is 4.45. The van der Waals surface area contributed by atoms with Gasteiger partial charge in [-0.25, -0.2) is 0 Å². The molecule has 0 spiro atoms. The van der Waals surface area contributed by atoms with Gasteiger partial charge < -0.3 is 24.5 Å². The van der Waals surface area contributed by atoms with Crippen LogP contribution in [0.2, 0.25) is 0 Å². The van der Waals surface area contributed by atoms with Gasteiger partial charge in [-0.05, 0) is 17.3 Å². The zero-order valence-corrected chi connectivity index (χ0v) is 13.6. The fourth-order valence-electron chi connectivity index (χ4n) is 2.93. The normalized spacial score (nSPS) is 17.7. The molecule has 1 atom stereocenters. The lowest BCUT2D eigenvalue weighted by atomic mass is 10.2. The van der Waals surface area contributed by atoms with Crippen LogP contribution in [0.15, 0.2) is 46.0 Å². The second kappa shape index (κ2) is 7.04. The second-order valence-corrected chi connectivity index (χ2v) is 5.85. The van der Waals surface area contributed by atoms with Crippen molar-refractivity contribution in [1.29, 1.82) is 0 Å². The summed E-state index contributed by atoms with van der Waals surface area (Å²) in [5, 5.41) is 11.3. The zero-order chi connectivity index (χ0) is 17.1. The molecule has 8 nitrogen and oxygen atoms in total. The molecule has 1 aromatic carbocycles. The molecule has 25 heavy (non-hydrogen) atoms. The van der Waals surface area contributed by atoms with Crippen molar-refractivity contribution in [2.75, 3.05) is 26.2 Å². The summed E-state index contributed by atoms with van der Waals surface area (Å²) in [5.41, 5.74) is 1.11. The van der Waals surface area contributed by atoms with E-state index in [2.05, 4.69) is 20.8 Å². The molecule has 0 bridgehead atoms. The molecule has 8 heteroatoms. The highest BCUT2D eigenvalue weighted by Crippen LogP contribution is 2.23. The van der Waals surface area contributed by atoms with Gasteiger partial charge in [-0.2, -0.15) is 0 Å². The van der Waals surface area contributed by atoms with Gasteiger partial charge in [0.25, 0.3) is 11.4 Å². The fourth-order valence-corrected chi connectivity index (χ4v) is 2.93. The van der Waals surface area contributed by atoms with Gasteiger partial charge in [0, 0.05) is 32.0 Å². The number of benzene rings is 1. The van der Waals surface area contributed by atoms with E-state index in [9.17, 15) is 4.79 Å². The monoisotopic (exact) mass is 341 g/mol. The lowest BCUT2D eigenvalue weighted by molar-refractivity contribution is 0.268. The van der Waals surface area contributed by atoms with Gasteiger partial charge in [0.05, 0.1) is 18.0 Å². The Balaban J connectivity index is 1.45. The van der Waals surface area contributed by atoms with Crippen LogP contribution in [0.25, 0.3) is 11.0 Å². The van der Waals surface area contributed by atoms with Crippen molar-refractivity contribution in [2.24, 2.45) is 0 Å². The predicted octanol–water partition coefficient (Wildman–Crippen LogP) is 0.697. The van der Waals surface area contributed by atoms with Crippen molar-refractivity contribution in [3.8, 4) is 5.88 Å². The topological polar surface area (TPSA) is 94.2 Å². The van der Waals surface area contributed by atoms with Crippen molar-refractivity contribution in [1.82, 2.24) is 25.3 Å². The third kappa shape index (κ3) is 3.26. The third-order valence-corrected chi connectivity index (χ3v) is 4.23.